The van der Waals surface area contributed by atoms with E-state index in [4.69, 9.17) is 0 Å². The highest BCUT2D eigenvalue weighted by atomic mass is 15.1. The average molecular weight is 213 g/mol. The van der Waals surface area contributed by atoms with Crippen molar-refractivity contribution in [1.29, 1.82) is 0 Å². The van der Waals surface area contributed by atoms with Gasteiger partial charge in [0.05, 0.1) is 0 Å². The summed E-state index contributed by atoms with van der Waals surface area (Å²) in [6.07, 6.45) is 6.11. The SMILES string of the molecule is Bc1cccc(C2=CCC(N(C)C)CC2)c1. The van der Waals surface area contributed by atoms with E-state index in [0.29, 0.717) is 0 Å². The number of hydrogen-bond donors (Lipinski definition) is 0. The molecule has 0 spiro atoms. The minimum atomic E-state index is 0.730. The van der Waals surface area contributed by atoms with E-state index >= 15 is 0 Å². The first kappa shape index (κ1) is 11.5. The van der Waals surface area contributed by atoms with Gasteiger partial charge < -0.3 is 4.90 Å². The maximum absolute atomic E-state index is 2.42. The second kappa shape index (κ2) is 4.88. The number of nitrogens with zero attached hydrogens (tertiary/aromatic N) is 1. The summed E-state index contributed by atoms with van der Waals surface area (Å²) in [5.74, 6) is 0. The standard InChI is InChI=1S/C14H20BN/c1-16(2)14-8-6-11(7-9-14)12-4-3-5-13(15)10-12/h3-6,10,14H,7-9,15H2,1-2H3. The molecule has 2 heteroatoms. The largest absolute Gasteiger partial charge is 0.306 e. The Bertz CT molecular complexity index is 395. The van der Waals surface area contributed by atoms with E-state index in [2.05, 4.69) is 57.2 Å². The van der Waals surface area contributed by atoms with Crippen molar-refractivity contribution in [1.82, 2.24) is 4.90 Å². The highest BCUT2D eigenvalue weighted by Crippen LogP contribution is 2.27. The number of rotatable bonds is 2. The lowest BCUT2D eigenvalue weighted by Crippen LogP contribution is -2.29. The van der Waals surface area contributed by atoms with Crippen molar-refractivity contribution in [2.45, 2.75) is 25.3 Å². The highest BCUT2D eigenvalue weighted by molar-refractivity contribution is 6.32. The van der Waals surface area contributed by atoms with Crippen LogP contribution in [0.2, 0.25) is 0 Å². The summed E-state index contributed by atoms with van der Waals surface area (Å²) >= 11 is 0. The summed E-state index contributed by atoms with van der Waals surface area (Å²) in [6, 6.07) is 9.57. The van der Waals surface area contributed by atoms with Gasteiger partial charge in [0.15, 0.2) is 0 Å². The lowest BCUT2D eigenvalue weighted by atomic mass is 9.87. The van der Waals surface area contributed by atoms with Gasteiger partial charge in [-0.05, 0) is 44.5 Å². The van der Waals surface area contributed by atoms with E-state index < -0.39 is 0 Å². The van der Waals surface area contributed by atoms with Crippen molar-refractivity contribution in [3.63, 3.8) is 0 Å². The van der Waals surface area contributed by atoms with Crippen LogP contribution in [0.4, 0.5) is 0 Å². The Morgan fingerprint density at radius 2 is 2.12 bits per heavy atom. The zero-order valence-electron chi connectivity index (χ0n) is 10.5. The third-order valence-corrected chi connectivity index (χ3v) is 3.50. The fraction of sp³-hybridized carbons (Fsp3) is 0.429. The first-order valence-electron chi connectivity index (χ1n) is 6.09. The summed E-state index contributed by atoms with van der Waals surface area (Å²) in [7, 11) is 6.52. The van der Waals surface area contributed by atoms with Crippen LogP contribution in [0, 0.1) is 0 Å². The Balaban J connectivity index is 2.13. The van der Waals surface area contributed by atoms with Gasteiger partial charge in [0.1, 0.15) is 7.85 Å². The molecule has 0 aliphatic heterocycles. The topological polar surface area (TPSA) is 3.24 Å². The van der Waals surface area contributed by atoms with E-state index in [1.54, 1.807) is 0 Å². The molecule has 0 bridgehead atoms. The smallest absolute Gasteiger partial charge is 0.139 e. The van der Waals surface area contributed by atoms with Crippen LogP contribution in [0.5, 0.6) is 0 Å². The van der Waals surface area contributed by atoms with Crippen LogP contribution in [0.1, 0.15) is 24.8 Å². The van der Waals surface area contributed by atoms with Gasteiger partial charge in [0, 0.05) is 6.04 Å². The van der Waals surface area contributed by atoms with Crippen LogP contribution in [-0.4, -0.2) is 32.9 Å². The molecule has 0 saturated carbocycles. The Morgan fingerprint density at radius 3 is 2.69 bits per heavy atom. The van der Waals surface area contributed by atoms with Crippen LogP contribution in [0.15, 0.2) is 30.3 Å². The van der Waals surface area contributed by atoms with Crippen molar-refractivity contribution < 1.29 is 0 Å². The van der Waals surface area contributed by atoms with Gasteiger partial charge in [0.25, 0.3) is 0 Å². The molecule has 1 aliphatic carbocycles. The lowest BCUT2D eigenvalue weighted by molar-refractivity contribution is 0.277. The zero-order valence-corrected chi connectivity index (χ0v) is 10.5. The molecular weight excluding hydrogens is 193 g/mol. The molecule has 1 unspecified atom stereocenters. The Kier molecular flexibility index (Phi) is 3.50. The summed E-state index contributed by atoms with van der Waals surface area (Å²) in [4.78, 5) is 2.34. The zero-order chi connectivity index (χ0) is 11.5. The summed E-state index contributed by atoms with van der Waals surface area (Å²) in [6.45, 7) is 0. The molecule has 0 N–H and O–H groups in total. The van der Waals surface area contributed by atoms with Crippen molar-refractivity contribution in [3.05, 3.63) is 35.9 Å². The van der Waals surface area contributed by atoms with E-state index in [1.807, 2.05) is 0 Å². The maximum atomic E-state index is 2.42. The van der Waals surface area contributed by atoms with Crippen molar-refractivity contribution in [2.24, 2.45) is 0 Å². The molecule has 0 saturated heterocycles. The molecule has 0 fully saturated rings. The van der Waals surface area contributed by atoms with Crippen LogP contribution >= 0.6 is 0 Å². The van der Waals surface area contributed by atoms with Crippen LogP contribution in [-0.2, 0) is 0 Å². The predicted molar refractivity (Wildman–Crippen MR) is 73.9 cm³/mol. The fourth-order valence-electron chi connectivity index (χ4n) is 2.40. The molecule has 0 heterocycles. The van der Waals surface area contributed by atoms with E-state index in [0.717, 1.165) is 6.04 Å². The third kappa shape index (κ3) is 2.56. The monoisotopic (exact) mass is 213 g/mol. The van der Waals surface area contributed by atoms with Gasteiger partial charge in [-0.15, -0.1) is 0 Å². The fourth-order valence-corrected chi connectivity index (χ4v) is 2.40. The molecule has 84 valence electrons. The van der Waals surface area contributed by atoms with Crippen molar-refractivity contribution in [2.75, 3.05) is 14.1 Å². The molecule has 2 rings (SSSR count). The molecule has 0 aromatic heterocycles. The van der Waals surface area contributed by atoms with Gasteiger partial charge in [0.2, 0.25) is 0 Å². The number of benzene rings is 1. The minimum Gasteiger partial charge on any atom is -0.306 e. The molecular formula is C14H20BN. The molecule has 1 atom stereocenters. The first-order valence-corrected chi connectivity index (χ1v) is 6.09. The van der Waals surface area contributed by atoms with Crippen LogP contribution in [0.25, 0.3) is 5.57 Å². The molecule has 1 aromatic carbocycles. The maximum Gasteiger partial charge on any atom is 0.139 e. The summed E-state index contributed by atoms with van der Waals surface area (Å²) in [5.41, 5.74) is 4.30. The Hall–Kier alpha value is -1.02. The van der Waals surface area contributed by atoms with Gasteiger partial charge >= 0.3 is 0 Å². The Labute approximate surface area is 99.6 Å². The quantitative estimate of drug-likeness (QED) is 0.672. The van der Waals surface area contributed by atoms with Crippen molar-refractivity contribution >= 4 is 18.9 Å². The number of allylic oxidation sites excluding steroid dienone is 1. The minimum absolute atomic E-state index is 0.730. The second-order valence-electron chi connectivity index (χ2n) is 4.99. The Morgan fingerprint density at radius 1 is 1.31 bits per heavy atom. The van der Waals surface area contributed by atoms with E-state index in [1.165, 1.54) is 35.9 Å². The number of hydrogen-bond acceptors (Lipinski definition) is 1. The molecule has 1 nitrogen and oxygen atoms in total. The highest BCUT2D eigenvalue weighted by Gasteiger charge is 2.16. The molecule has 1 aliphatic rings. The third-order valence-electron chi connectivity index (χ3n) is 3.50. The average Bonchev–Trinajstić information content (AvgIpc) is 2.29. The van der Waals surface area contributed by atoms with Gasteiger partial charge in [-0.3, -0.25) is 0 Å². The molecule has 1 aromatic rings. The first-order chi connectivity index (χ1) is 7.66. The normalized spacial score (nSPS) is 20.9. The lowest BCUT2D eigenvalue weighted by Gasteiger charge is -2.27. The van der Waals surface area contributed by atoms with Gasteiger partial charge in [-0.25, -0.2) is 0 Å². The van der Waals surface area contributed by atoms with Crippen molar-refractivity contribution in [3.8, 4) is 0 Å². The summed E-state index contributed by atoms with van der Waals surface area (Å²) in [5, 5.41) is 0. The second-order valence-corrected chi connectivity index (χ2v) is 4.99. The van der Waals surface area contributed by atoms with E-state index in [-0.39, 0.29) is 0 Å². The molecule has 0 radical (unpaired) electrons. The van der Waals surface area contributed by atoms with Crippen LogP contribution < -0.4 is 5.46 Å². The van der Waals surface area contributed by atoms with Gasteiger partial charge in [-0.1, -0.05) is 35.8 Å². The predicted octanol–water partition coefficient (Wildman–Crippen LogP) is 1.44. The van der Waals surface area contributed by atoms with Gasteiger partial charge in [-0.2, -0.15) is 0 Å². The molecule has 0 amide bonds. The van der Waals surface area contributed by atoms with Crippen LogP contribution in [0.3, 0.4) is 0 Å². The van der Waals surface area contributed by atoms with E-state index in [9.17, 15) is 0 Å². The molecule has 16 heavy (non-hydrogen) atoms. The summed E-state index contributed by atoms with van der Waals surface area (Å²) < 4.78 is 0.